The monoisotopic (exact) mass is 582 g/mol. The van der Waals surface area contributed by atoms with Gasteiger partial charge in [-0.2, -0.15) is 0 Å². The highest BCUT2D eigenvalue weighted by atomic mass is 19.3. The molecule has 7 heteroatoms. The van der Waals surface area contributed by atoms with Gasteiger partial charge in [-0.15, -0.1) is 0 Å². The topological polar surface area (TPSA) is 48.3 Å². The van der Waals surface area contributed by atoms with Crippen molar-refractivity contribution in [2.24, 2.45) is 9.98 Å². The summed E-state index contributed by atoms with van der Waals surface area (Å²) in [6, 6.07) is 6.39. The molecule has 42 heavy (non-hydrogen) atoms. The maximum absolute atomic E-state index is 14.2. The van der Waals surface area contributed by atoms with Crippen molar-refractivity contribution in [3.05, 3.63) is 63.8 Å². The van der Waals surface area contributed by atoms with Gasteiger partial charge in [0.05, 0.1) is 6.54 Å². The molecule has 2 rings (SSSR count). The molecule has 1 aromatic carbocycles. The van der Waals surface area contributed by atoms with Gasteiger partial charge in [-0.05, 0) is 111 Å². The molecule has 0 spiro atoms. The van der Waals surface area contributed by atoms with Crippen LogP contribution in [0.1, 0.15) is 95.8 Å². The van der Waals surface area contributed by atoms with Crippen molar-refractivity contribution >= 4 is 23.0 Å². The Morgan fingerprint density at radius 1 is 1.17 bits per heavy atom. The fourth-order valence-corrected chi connectivity index (χ4v) is 5.60. The smallest absolute Gasteiger partial charge is 0.242 e. The van der Waals surface area contributed by atoms with E-state index in [1.54, 1.807) is 26.0 Å². The number of rotatable bonds is 12. The number of halogens is 2. The first kappa shape index (κ1) is 35.3. The van der Waals surface area contributed by atoms with E-state index in [2.05, 4.69) is 41.1 Å². The summed E-state index contributed by atoms with van der Waals surface area (Å²) in [7, 11) is 5.31. The Kier molecular flexibility index (Phi) is 14.5. The Morgan fingerprint density at radius 3 is 2.36 bits per heavy atom. The number of benzene rings is 1. The summed E-state index contributed by atoms with van der Waals surface area (Å²) in [6.45, 7) is 14.2. The van der Waals surface area contributed by atoms with Crippen LogP contribution in [0.4, 0.5) is 8.78 Å². The standard InChI is InChI=1S/C35H52F2N4O/c1-10-13-33(39-26(6)38-7)25(5)20-27(11-2)30(12-3)32(22-34(36)37)31-21-29(15-14-24(31)4)28-16-18-41(19-17-28)23-35(42)40(8)9/h11,14-15,20-21,28,34H,10,12-13,16-19,22-23H2,1-9H3/b25-20-,27-11+,32-30+,38-26?,39-33?. The Hall–Kier alpha value is -2.93. The number of hydrogen-bond donors (Lipinski definition) is 0. The van der Waals surface area contributed by atoms with E-state index < -0.39 is 6.43 Å². The molecule has 0 bridgehead atoms. The first-order valence-corrected chi connectivity index (χ1v) is 15.3. The van der Waals surface area contributed by atoms with Gasteiger partial charge >= 0.3 is 0 Å². The Balaban J connectivity index is 2.53. The number of aryl methyl sites for hydroxylation is 1. The molecular formula is C35H52F2N4O. The predicted molar refractivity (Wildman–Crippen MR) is 175 cm³/mol. The lowest BCUT2D eigenvalue weighted by Gasteiger charge is -2.32. The van der Waals surface area contributed by atoms with Crippen LogP contribution in [0.15, 0.2) is 57.1 Å². The molecular weight excluding hydrogens is 530 g/mol. The summed E-state index contributed by atoms with van der Waals surface area (Å²) in [4.78, 5) is 24.9. The van der Waals surface area contributed by atoms with Crippen LogP contribution in [0.25, 0.3) is 5.57 Å². The van der Waals surface area contributed by atoms with Gasteiger partial charge in [0.2, 0.25) is 12.3 Å². The number of likely N-dealkylation sites (tertiary alicyclic amines) is 1. The van der Waals surface area contributed by atoms with Crippen molar-refractivity contribution < 1.29 is 13.6 Å². The maximum Gasteiger partial charge on any atom is 0.242 e. The molecule has 1 aliphatic heterocycles. The zero-order valence-corrected chi connectivity index (χ0v) is 27.4. The molecule has 1 heterocycles. The van der Waals surface area contributed by atoms with E-state index in [-0.39, 0.29) is 12.3 Å². The molecule has 1 saturated heterocycles. The zero-order valence-electron chi connectivity index (χ0n) is 27.4. The van der Waals surface area contributed by atoms with Crippen molar-refractivity contribution in [1.82, 2.24) is 9.80 Å². The predicted octanol–water partition coefficient (Wildman–Crippen LogP) is 8.26. The van der Waals surface area contributed by atoms with Gasteiger partial charge in [0, 0.05) is 33.3 Å². The minimum Gasteiger partial charge on any atom is -0.348 e. The van der Waals surface area contributed by atoms with Crippen molar-refractivity contribution in [3.8, 4) is 0 Å². The lowest BCUT2D eigenvalue weighted by atomic mass is 9.83. The molecule has 1 aromatic rings. The van der Waals surface area contributed by atoms with Crippen LogP contribution < -0.4 is 0 Å². The summed E-state index contributed by atoms with van der Waals surface area (Å²) in [5, 5.41) is 0. The summed E-state index contributed by atoms with van der Waals surface area (Å²) in [6.07, 6.45) is 5.70. The Labute approximate surface area is 253 Å². The number of carbonyl (C=O) groups excluding carboxylic acids is 1. The van der Waals surface area contributed by atoms with Crippen LogP contribution in [-0.4, -0.2) is 74.5 Å². The van der Waals surface area contributed by atoms with Gasteiger partial charge in [-0.25, -0.2) is 13.8 Å². The van der Waals surface area contributed by atoms with E-state index in [1.165, 1.54) is 5.56 Å². The van der Waals surface area contributed by atoms with E-state index in [0.717, 1.165) is 83.7 Å². The van der Waals surface area contributed by atoms with Crippen LogP contribution >= 0.6 is 0 Å². The van der Waals surface area contributed by atoms with Crippen LogP contribution in [0.2, 0.25) is 0 Å². The molecule has 1 fully saturated rings. The summed E-state index contributed by atoms with van der Waals surface area (Å²) in [5.41, 5.74) is 7.75. The summed E-state index contributed by atoms with van der Waals surface area (Å²) < 4.78 is 28.3. The van der Waals surface area contributed by atoms with Crippen LogP contribution in [0.3, 0.4) is 0 Å². The summed E-state index contributed by atoms with van der Waals surface area (Å²) >= 11 is 0. The average Bonchev–Trinajstić information content (AvgIpc) is 2.96. The van der Waals surface area contributed by atoms with E-state index >= 15 is 0 Å². The van der Waals surface area contributed by atoms with E-state index in [0.29, 0.717) is 18.9 Å². The third kappa shape index (κ3) is 10.1. The van der Waals surface area contributed by atoms with E-state index in [9.17, 15) is 13.6 Å². The molecule has 0 N–H and O–H groups in total. The van der Waals surface area contributed by atoms with Gasteiger partial charge in [-0.1, -0.05) is 50.6 Å². The van der Waals surface area contributed by atoms with Gasteiger partial charge in [-0.3, -0.25) is 14.7 Å². The molecule has 0 radical (unpaired) electrons. The molecule has 0 atom stereocenters. The number of amides is 1. The highest BCUT2D eigenvalue weighted by Crippen LogP contribution is 2.37. The van der Waals surface area contributed by atoms with Crippen molar-refractivity contribution in [1.29, 1.82) is 0 Å². The van der Waals surface area contributed by atoms with Crippen LogP contribution in [-0.2, 0) is 4.79 Å². The van der Waals surface area contributed by atoms with Gasteiger partial charge in [0.1, 0.15) is 5.84 Å². The molecule has 1 aliphatic rings. The quantitative estimate of drug-likeness (QED) is 0.142. The third-order valence-electron chi connectivity index (χ3n) is 8.17. The Bertz CT molecular complexity index is 1220. The fourth-order valence-electron chi connectivity index (χ4n) is 5.60. The minimum absolute atomic E-state index is 0.116. The Morgan fingerprint density at radius 2 is 1.83 bits per heavy atom. The number of allylic oxidation sites excluding steroid dienone is 6. The normalized spacial score (nSPS) is 17.1. The van der Waals surface area contributed by atoms with E-state index in [4.69, 9.17) is 4.99 Å². The minimum atomic E-state index is -2.45. The molecule has 0 unspecified atom stereocenters. The largest absolute Gasteiger partial charge is 0.348 e. The van der Waals surface area contributed by atoms with Crippen LogP contribution in [0.5, 0.6) is 0 Å². The van der Waals surface area contributed by atoms with Gasteiger partial charge in [0.15, 0.2) is 0 Å². The second kappa shape index (κ2) is 17.3. The second-order valence-electron chi connectivity index (χ2n) is 11.5. The molecule has 0 aliphatic carbocycles. The highest BCUT2D eigenvalue weighted by Gasteiger charge is 2.24. The molecule has 232 valence electrons. The second-order valence-corrected chi connectivity index (χ2v) is 11.5. The molecule has 1 amide bonds. The van der Waals surface area contributed by atoms with Crippen molar-refractivity contribution in [2.75, 3.05) is 40.8 Å². The number of carbonyl (C=O) groups is 1. The first-order valence-electron chi connectivity index (χ1n) is 15.3. The SMILES string of the molecule is C/C=C(\C=C(\C)C(CCC)=NC(C)=NC)C(/CC)=C(\CC(F)F)c1cc(C2CCN(CC(=O)N(C)C)CC2)ccc1C. The zero-order chi connectivity index (χ0) is 31.4. The number of likely N-dealkylation sites (N-methyl/N-ethyl adjacent to an activating group) is 1. The third-order valence-corrected chi connectivity index (χ3v) is 8.17. The first-order chi connectivity index (χ1) is 19.9. The molecule has 0 saturated carbocycles. The van der Waals surface area contributed by atoms with E-state index in [1.807, 2.05) is 40.7 Å². The lowest BCUT2D eigenvalue weighted by molar-refractivity contribution is -0.130. The van der Waals surface area contributed by atoms with Gasteiger partial charge < -0.3 is 4.90 Å². The number of aliphatic imine (C=N–C) groups is 2. The van der Waals surface area contributed by atoms with Gasteiger partial charge in [0.25, 0.3) is 0 Å². The number of nitrogens with zero attached hydrogens (tertiary/aromatic N) is 4. The van der Waals surface area contributed by atoms with Crippen molar-refractivity contribution in [3.63, 3.8) is 0 Å². The number of amidine groups is 1. The fraction of sp³-hybridized carbons (Fsp3) is 0.571. The van der Waals surface area contributed by atoms with Crippen molar-refractivity contribution in [2.45, 2.75) is 92.4 Å². The molecule has 5 nitrogen and oxygen atoms in total. The highest BCUT2D eigenvalue weighted by molar-refractivity contribution is 6.06. The van der Waals surface area contributed by atoms with Crippen LogP contribution in [0, 0.1) is 6.92 Å². The maximum atomic E-state index is 14.2. The average molecular weight is 583 g/mol. The number of hydrogen-bond acceptors (Lipinski definition) is 3. The summed E-state index contributed by atoms with van der Waals surface area (Å²) in [5.74, 6) is 1.18. The molecule has 0 aromatic heterocycles. The lowest BCUT2D eigenvalue weighted by Crippen LogP contribution is -2.40. The number of piperidine rings is 1. The number of alkyl halides is 2.